The summed E-state index contributed by atoms with van der Waals surface area (Å²) in [6.07, 6.45) is 5.80. The van der Waals surface area contributed by atoms with Crippen molar-refractivity contribution in [2.45, 2.75) is 13.8 Å². The predicted octanol–water partition coefficient (Wildman–Crippen LogP) is 2.67. The summed E-state index contributed by atoms with van der Waals surface area (Å²) in [4.78, 5) is 22.8. The molecule has 86 valence electrons. The van der Waals surface area contributed by atoms with Gasteiger partial charge < -0.3 is 5.11 Å². The van der Waals surface area contributed by atoms with Gasteiger partial charge in [0.1, 0.15) is 5.75 Å². The Morgan fingerprint density at radius 3 is 2.65 bits per heavy atom. The smallest absolute Gasteiger partial charge is 0.193 e. The molecule has 0 fully saturated rings. The molecule has 0 aromatic heterocycles. The van der Waals surface area contributed by atoms with Crippen molar-refractivity contribution in [2.24, 2.45) is 0 Å². The second-order valence-electron chi connectivity index (χ2n) is 3.95. The van der Waals surface area contributed by atoms with E-state index in [1.54, 1.807) is 25.2 Å². The van der Waals surface area contributed by atoms with Crippen molar-refractivity contribution >= 4 is 18.1 Å². The van der Waals surface area contributed by atoms with Crippen molar-refractivity contribution in [3.05, 3.63) is 46.0 Å². The van der Waals surface area contributed by atoms with Gasteiger partial charge in [0.25, 0.3) is 0 Å². The Morgan fingerprint density at radius 2 is 2.06 bits per heavy atom. The number of hydrogen-bond acceptors (Lipinski definition) is 3. The average Bonchev–Trinajstić information content (AvgIpc) is 2.62. The highest BCUT2D eigenvalue weighted by molar-refractivity contribution is 6.20. The van der Waals surface area contributed by atoms with Gasteiger partial charge in [-0.25, -0.2) is 0 Å². The number of carbonyl (C=O) groups is 2. The van der Waals surface area contributed by atoms with E-state index < -0.39 is 0 Å². The fourth-order valence-corrected chi connectivity index (χ4v) is 1.99. The van der Waals surface area contributed by atoms with Gasteiger partial charge in [-0.1, -0.05) is 12.2 Å². The summed E-state index contributed by atoms with van der Waals surface area (Å²) < 4.78 is 0. The Balaban J connectivity index is 2.68. The van der Waals surface area contributed by atoms with Crippen molar-refractivity contribution in [1.29, 1.82) is 0 Å². The molecule has 0 heterocycles. The summed E-state index contributed by atoms with van der Waals surface area (Å²) in [5.41, 5.74) is 2.48. The number of aromatic hydroxyl groups is 1. The van der Waals surface area contributed by atoms with Crippen molar-refractivity contribution in [1.82, 2.24) is 0 Å². The van der Waals surface area contributed by atoms with Crippen molar-refractivity contribution < 1.29 is 14.7 Å². The molecule has 0 amide bonds. The van der Waals surface area contributed by atoms with E-state index in [1.165, 1.54) is 6.07 Å². The highest BCUT2D eigenvalue weighted by atomic mass is 16.3. The molecule has 0 unspecified atom stereocenters. The van der Waals surface area contributed by atoms with Crippen LogP contribution in [0.1, 0.15) is 38.8 Å². The van der Waals surface area contributed by atoms with Gasteiger partial charge in [0, 0.05) is 11.1 Å². The van der Waals surface area contributed by atoms with Gasteiger partial charge in [0.2, 0.25) is 0 Å². The van der Waals surface area contributed by atoms with Gasteiger partial charge in [0.05, 0.1) is 5.56 Å². The zero-order valence-corrected chi connectivity index (χ0v) is 9.65. The maximum atomic E-state index is 12.0. The number of carbonyl (C=O) groups excluding carboxylic acids is 2. The molecule has 0 saturated heterocycles. The quantitative estimate of drug-likeness (QED) is 0.792. The number of hydrogen-bond donors (Lipinski definition) is 1. The maximum absolute atomic E-state index is 12.0. The van der Waals surface area contributed by atoms with Crippen LogP contribution in [0.4, 0.5) is 0 Å². The predicted molar refractivity (Wildman–Crippen MR) is 65.4 cm³/mol. The molecule has 0 aliphatic heterocycles. The van der Waals surface area contributed by atoms with Crippen LogP contribution >= 0.6 is 0 Å². The zero-order chi connectivity index (χ0) is 12.6. The van der Waals surface area contributed by atoms with Gasteiger partial charge in [-0.3, -0.25) is 9.59 Å². The van der Waals surface area contributed by atoms with Crippen LogP contribution in [0.3, 0.4) is 0 Å². The first kappa shape index (κ1) is 11.3. The lowest BCUT2D eigenvalue weighted by Gasteiger charge is -2.07. The first-order valence-electron chi connectivity index (χ1n) is 5.31. The van der Waals surface area contributed by atoms with Crippen molar-refractivity contribution in [2.75, 3.05) is 0 Å². The number of rotatable bonds is 2. The number of allylic oxidation sites excluding steroid dienone is 3. The number of phenols is 1. The number of aldehydes is 1. The van der Waals surface area contributed by atoms with Gasteiger partial charge in [0.15, 0.2) is 12.1 Å². The molecular weight excluding hydrogens is 216 g/mol. The summed E-state index contributed by atoms with van der Waals surface area (Å²) in [6, 6.07) is 1.44. The molecular formula is C14H12O3. The normalized spacial score (nSPS) is 14.0. The van der Waals surface area contributed by atoms with E-state index >= 15 is 0 Å². The lowest BCUT2D eigenvalue weighted by atomic mass is 9.99. The molecule has 17 heavy (non-hydrogen) atoms. The minimum atomic E-state index is -0.107. The number of phenolic OH excluding ortho intramolecular Hbond substituents is 1. The minimum absolute atomic E-state index is 0.0514. The van der Waals surface area contributed by atoms with Crippen LogP contribution in [0.25, 0.3) is 6.08 Å². The summed E-state index contributed by atoms with van der Waals surface area (Å²) in [5.74, 6) is -0.158. The first-order chi connectivity index (χ1) is 8.10. The minimum Gasteiger partial charge on any atom is -0.507 e. The van der Waals surface area contributed by atoms with Crippen LogP contribution in [0.2, 0.25) is 0 Å². The molecule has 0 saturated carbocycles. The second-order valence-corrected chi connectivity index (χ2v) is 3.95. The molecule has 0 bridgehead atoms. The zero-order valence-electron chi connectivity index (χ0n) is 9.65. The largest absolute Gasteiger partial charge is 0.507 e. The van der Waals surface area contributed by atoms with Crippen LogP contribution in [-0.4, -0.2) is 17.2 Å². The fraction of sp³-hybridized carbons (Fsp3) is 0.143. The molecule has 1 aliphatic carbocycles. The van der Waals surface area contributed by atoms with Crippen molar-refractivity contribution in [3.8, 4) is 5.75 Å². The summed E-state index contributed by atoms with van der Waals surface area (Å²) in [6.45, 7) is 3.53. The molecule has 3 heteroatoms. The molecule has 0 spiro atoms. The number of Topliss-reactive ketones (excluding diaryl/α,β-unsaturated/α-hetero) is 1. The van der Waals surface area contributed by atoms with E-state index in [4.69, 9.17) is 0 Å². The van der Waals surface area contributed by atoms with Gasteiger partial charge in [-0.2, -0.15) is 0 Å². The summed E-state index contributed by atoms with van der Waals surface area (Å²) >= 11 is 0. The third-order valence-electron chi connectivity index (χ3n) is 2.90. The molecule has 3 nitrogen and oxygen atoms in total. The van der Waals surface area contributed by atoms with Crippen LogP contribution in [0, 0.1) is 6.92 Å². The second kappa shape index (κ2) is 4.01. The standard InChI is InChI=1S/C14H12O3/c1-3-4-9-5-11-8(2)13(16)10(7-15)6-12(11)14(9)17/h3-7,16H,1-2H3. The van der Waals surface area contributed by atoms with Crippen LogP contribution < -0.4 is 0 Å². The Morgan fingerprint density at radius 1 is 1.35 bits per heavy atom. The fourth-order valence-electron chi connectivity index (χ4n) is 1.99. The highest BCUT2D eigenvalue weighted by Crippen LogP contribution is 2.34. The monoisotopic (exact) mass is 228 g/mol. The number of benzene rings is 1. The molecule has 2 rings (SSSR count). The van der Waals surface area contributed by atoms with E-state index in [9.17, 15) is 14.7 Å². The van der Waals surface area contributed by atoms with Crippen molar-refractivity contribution in [3.63, 3.8) is 0 Å². The summed E-state index contributed by atoms with van der Waals surface area (Å²) in [5, 5.41) is 9.77. The highest BCUT2D eigenvalue weighted by Gasteiger charge is 2.25. The molecule has 0 radical (unpaired) electrons. The molecule has 1 aliphatic rings. The average molecular weight is 228 g/mol. The van der Waals surface area contributed by atoms with Crippen LogP contribution in [-0.2, 0) is 0 Å². The van der Waals surface area contributed by atoms with Crippen LogP contribution in [0.5, 0.6) is 5.75 Å². The number of ketones is 1. The van der Waals surface area contributed by atoms with E-state index in [1.807, 2.05) is 6.92 Å². The SMILES string of the molecule is CC=CC1=Cc2c(cc(C=O)c(O)c2C)C1=O. The van der Waals surface area contributed by atoms with Gasteiger partial charge >= 0.3 is 0 Å². The number of fused-ring (bicyclic) bond motifs is 1. The van der Waals surface area contributed by atoms with E-state index in [-0.39, 0.29) is 17.1 Å². The topological polar surface area (TPSA) is 54.4 Å². The van der Waals surface area contributed by atoms with Gasteiger partial charge in [-0.05, 0) is 37.1 Å². The lowest BCUT2D eigenvalue weighted by molar-refractivity contribution is 0.104. The summed E-state index contributed by atoms with van der Waals surface area (Å²) in [7, 11) is 0. The lowest BCUT2D eigenvalue weighted by Crippen LogP contribution is -2.00. The maximum Gasteiger partial charge on any atom is 0.193 e. The van der Waals surface area contributed by atoms with Gasteiger partial charge in [-0.15, -0.1) is 0 Å². The molecule has 1 N–H and O–H groups in total. The third kappa shape index (κ3) is 1.60. The molecule has 0 atom stereocenters. The third-order valence-corrected chi connectivity index (χ3v) is 2.90. The Bertz CT molecular complexity index is 578. The first-order valence-corrected chi connectivity index (χ1v) is 5.31. The Labute approximate surface area is 99.1 Å². The molecule has 1 aromatic rings. The van der Waals surface area contributed by atoms with E-state index in [0.29, 0.717) is 28.5 Å². The van der Waals surface area contributed by atoms with E-state index in [2.05, 4.69) is 0 Å². The van der Waals surface area contributed by atoms with E-state index in [0.717, 1.165) is 0 Å². The Hall–Kier alpha value is -2.16. The Kier molecular flexibility index (Phi) is 2.68. The molecule has 1 aromatic carbocycles. The van der Waals surface area contributed by atoms with Crippen LogP contribution in [0.15, 0.2) is 23.8 Å².